The third-order valence-electron chi connectivity index (χ3n) is 2.78. The van der Waals surface area contributed by atoms with Gasteiger partial charge in [-0.25, -0.2) is 4.79 Å². The van der Waals surface area contributed by atoms with E-state index in [1.807, 2.05) is 13.8 Å². The van der Waals surface area contributed by atoms with E-state index in [9.17, 15) is 14.7 Å². The summed E-state index contributed by atoms with van der Waals surface area (Å²) in [5, 5.41) is 23.9. The highest BCUT2D eigenvalue weighted by atomic mass is 16.6. The molecule has 0 aliphatic rings. The molecule has 7 heteroatoms. The maximum Gasteiger partial charge on any atom is 0.328 e. The molecule has 0 spiro atoms. The van der Waals surface area contributed by atoms with Gasteiger partial charge in [0.05, 0.1) is 11.6 Å². The molecule has 0 aromatic heterocycles. The molecule has 0 aliphatic heterocycles. The van der Waals surface area contributed by atoms with Gasteiger partial charge in [0.1, 0.15) is 0 Å². The summed E-state index contributed by atoms with van der Waals surface area (Å²) < 4.78 is 5.28. The van der Waals surface area contributed by atoms with E-state index in [0.717, 1.165) is 6.08 Å². The number of carboxylic acid groups (broad SMARTS) is 1. The topological polar surface area (TPSA) is 108 Å². The molecule has 23 heavy (non-hydrogen) atoms. The van der Waals surface area contributed by atoms with Crippen molar-refractivity contribution in [2.75, 3.05) is 0 Å². The molecular weight excluding hydrogens is 300 g/mol. The van der Waals surface area contributed by atoms with Crippen molar-refractivity contribution in [3.8, 4) is 0 Å². The largest absolute Gasteiger partial charge is 0.478 e. The van der Waals surface area contributed by atoms with Crippen molar-refractivity contribution in [2.45, 2.75) is 72.1 Å². The molecule has 0 bridgehead atoms. The first-order chi connectivity index (χ1) is 10.4. The lowest BCUT2D eigenvalue weighted by Gasteiger charge is -2.27. The number of amides is 1. The van der Waals surface area contributed by atoms with E-state index < -0.39 is 24.0 Å². The van der Waals surface area contributed by atoms with Gasteiger partial charge in [-0.1, -0.05) is 19.9 Å². The predicted octanol–water partition coefficient (Wildman–Crippen LogP) is 1.23. The van der Waals surface area contributed by atoms with Crippen LogP contribution in [0.3, 0.4) is 0 Å². The average molecular weight is 330 g/mol. The summed E-state index contributed by atoms with van der Waals surface area (Å²) in [4.78, 5) is 22.8. The first kappa shape index (κ1) is 21.6. The Morgan fingerprint density at radius 2 is 1.78 bits per heavy atom. The van der Waals surface area contributed by atoms with E-state index in [1.54, 1.807) is 27.7 Å². The second-order valence-electron chi connectivity index (χ2n) is 6.91. The molecule has 0 saturated heterocycles. The summed E-state index contributed by atoms with van der Waals surface area (Å²) in [5.41, 5.74) is -0.549. The van der Waals surface area contributed by atoms with E-state index >= 15 is 0 Å². The normalized spacial score (nSPS) is 16.3. The SMILES string of the molecule is CC(C)CC(C=CC(=O)O)NC(=O)C(C)NC(O)OC(C)(C)C. The summed E-state index contributed by atoms with van der Waals surface area (Å²) in [6.45, 7) is 10.9. The molecular formula is C16H30N2O5. The first-order valence-corrected chi connectivity index (χ1v) is 7.74. The summed E-state index contributed by atoms with van der Waals surface area (Å²) in [7, 11) is 0. The molecule has 0 saturated carbocycles. The van der Waals surface area contributed by atoms with Crippen LogP contribution in [-0.4, -0.2) is 46.2 Å². The number of carboxylic acids is 1. The fourth-order valence-electron chi connectivity index (χ4n) is 1.86. The van der Waals surface area contributed by atoms with Crippen LogP contribution in [0.5, 0.6) is 0 Å². The van der Waals surface area contributed by atoms with E-state index in [1.165, 1.54) is 6.08 Å². The van der Waals surface area contributed by atoms with Gasteiger partial charge in [0.2, 0.25) is 12.3 Å². The number of carbonyl (C=O) groups excluding carboxylic acids is 1. The number of hydrogen-bond donors (Lipinski definition) is 4. The summed E-state index contributed by atoms with van der Waals surface area (Å²) >= 11 is 0. The fourth-order valence-corrected chi connectivity index (χ4v) is 1.86. The quantitative estimate of drug-likeness (QED) is 0.374. The van der Waals surface area contributed by atoms with Crippen LogP contribution in [0.15, 0.2) is 12.2 Å². The number of nitrogens with one attached hydrogen (secondary N) is 2. The number of aliphatic hydroxyl groups is 1. The van der Waals surface area contributed by atoms with E-state index in [4.69, 9.17) is 9.84 Å². The molecule has 0 aromatic carbocycles. The predicted molar refractivity (Wildman–Crippen MR) is 87.6 cm³/mol. The van der Waals surface area contributed by atoms with Gasteiger partial charge in [-0.05, 0) is 40.0 Å². The van der Waals surface area contributed by atoms with Gasteiger partial charge >= 0.3 is 5.97 Å². The monoisotopic (exact) mass is 330 g/mol. The average Bonchev–Trinajstić information content (AvgIpc) is 2.32. The van der Waals surface area contributed by atoms with Gasteiger partial charge < -0.3 is 20.3 Å². The van der Waals surface area contributed by atoms with E-state index in [0.29, 0.717) is 6.42 Å². The van der Waals surface area contributed by atoms with Gasteiger partial charge in [0, 0.05) is 12.1 Å². The minimum absolute atomic E-state index is 0.289. The Morgan fingerprint density at radius 3 is 2.22 bits per heavy atom. The zero-order valence-electron chi connectivity index (χ0n) is 14.8. The molecule has 0 fully saturated rings. The van der Waals surface area contributed by atoms with Crippen molar-refractivity contribution in [1.29, 1.82) is 0 Å². The van der Waals surface area contributed by atoms with Gasteiger partial charge in [-0.15, -0.1) is 0 Å². The molecule has 0 heterocycles. The third-order valence-corrected chi connectivity index (χ3v) is 2.78. The number of carbonyl (C=O) groups is 2. The second-order valence-corrected chi connectivity index (χ2v) is 6.91. The second kappa shape index (κ2) is 9.64. The van der Waals surface area contributed by atoms with Crippen molar-refractivity contribution in [3.63, 3.8) is 0 Å². The van der Waals surface area contributed by atoms with Gasteiger partial charge in [-0.2, -0.15) is 0 Å². The first-order valence-electron chi connectivity index (χ1n) is 7.74. The van der Waals surface area contributed by atoms with Crippen LogP contribution in [0.2, 0.25) is 0 Å². The summed E-state index contributed by atoms with van der Waals surface area (Å²) in [5.74, 6) is -1.12. The molecule has 0 aliphatic carbocycles. The van der Waals surface area contributed by atoms with Gasteiger partial charge in [-0.3, -0.25) is 10.1 Å². The Morgan fingerprint density at radius 1 is 1.22 bits per heavy atom. The lowest BCUT2D eigenvalue weighted by Crippen LogP contribution is -2.51. The Bertz CT molecular complexity index is 415. The van der Waals surface area contributed by atoms with Crippen molar-refractivity contribution in [3.05, 3.63) is 12.2 Å². The Hall–Kier alpha value is -1.44. The van der Waals surface area contributed by atoms with E-state index in [-0.39, 0.29) is 17.9 Å². The standard InChI is InChI=1S/C16H30N2O5/c1-10(2)9-12(7-8-13(19)20)18-14(21)11(3)17-15(22)23-16(4,5)6/h7-8,10-12,15,17,22H,9H2,1-6H3,(H,18,21)(H,19,20). The Balaban J connectivity index is 4.62. The summed E-state index contributed by atoms with van der Waals surface area (Å²) in [6, 6.07) is -1.08. The smallest absolute Gasteiger partial charge is 0.328 e. The molecule has 4 N–H and O–H groups in total. The van der Waals surface area contributed by atoms with Crippen molar-refractivity contribution in [2.24, 2.45) is 5.92 Å². The lowest BCUT2D eigenvalue weighted by molar-refractivity contribution is -0.186. The minimum atomic E-state index is -1.27. The number of ether oxygens (including phenoxy) is 1. The Labute approximate surface area is 138 Å². The highest BCUT2D eigenvalue weighted by Gasteiger charge is 2.22. The van der Waals surface area contributed by atoms with Crippen LogP contribution >= 0.6 is 0 Å². The van der Waals surface area contributed by atoms with Crippen LogP contribution in [0, 0.1) is 5.92 Å². The van der Waals surface area contributed by atoms with E-state index in [2.05, 4.69) is 10.6 Å². The number of aliphatic hydroxyl groups excluding tert-OH is 1. The zero-order chi connectivity index (χ0) is 18.2. The van der Waals surface area contributed by atoms with Crippen molar-refractivity contribution in [1.82, 2.24) is 10.6 Å². The van der Waals surface area contributed by atoms with Crippen LogP contribution in [-0.2, 0) is 14.3 Å². The van der Waals surface area contributed by atoms with Crippen LogP contribution in [0.4, 0.5) is 0 Å². The summed E-state index contributed by atoms with van der Waals surface area (Å²) in [6.07, 6.45) is 1.82. The van der Waals surface area contributed by atoms with Crippen molar-refractivity contribution < 1.29 is 24.5 Å². The van der Waals surface area contributed by atoms with Crippen LogP contribution in [0.1, 0.15) is 48.0 Å². The third kappa shape index (κ3) is 11.7. The Kier molecular flexibility index (Phi) is 9.04. The van der Waals surface area contributed by atoms with Crippen molar-refractivity contribution >= 4 is 11.9 Å². The fraction of sp³-hybridized carbons (Fsp3) is 0.750. The lowest BCUT2D eigenvalue weighted by atomic mass is 10.0. The minimum Gasteiger partial charge on any atom is -0.478 e. The molecule has 1 amide bonds. The number of aliphatic carboxylic acids is 1. The van der Waals surface area contributed by atoms with Crippen LogP contribution in [0.25, 0.3) is 0 Å². The van der Waals surface area contributed by atoms with Gasteiger partial charge in [0.25, 0.3) is 0 Å². The molecule has 0 radical (unpaired) electrons. The highest BCUT2D eigenvalue weighted by molar-refractivity contribution is 5.82. The maximum atomic E-state index is 12.2. The maximum absolute atomic E-state index is 12.2. The molecule has 3 unspecified atom stereocenters. The van der Waals surface area contributed by atoms with Gasteiger partial charge in [0.15, 0.2) is 0 Å². The molecule has 0 rings (SSSR count). The highest BCUT2D eigenvalue weighted by Crippen LogP contribution is 2.09. The van der Waals surface area contributed by atoms with Crippen LogP contribution < -0.4 is 10.6 Å². The number of rotatable bonds is 9. The molecule has 0 aromatic rings. The zero-order valence-corrected chi connectivity index (χ0v) is 14.8. The molecule has 134 valence electrons. The molecule has 7 nitrogen and oxygen atoms in total. The number of hydrogen-bond acceptors (Lipinski definition) is 5. The molecule has 3 atom stereocenters.